The molecule has 5 heteroatoms. The Kier molecular flexibility index (Phi) is 2.33. The van der Waals surface area contributed by atoms with Crippen molar-refractivity contribution in [1.82, 2.24) is 9.78 Å². The number of anilines is 1. The zero-order valence-corrected chi connectivity index (χ0v) is 9.84. The van der Waals surface area contributed by atoms with Crippen LogP contribution in [0.25, 0.3) is 0 Å². The number of fused-ring (bicyclic) bond motifs is 1. The number of amides is 1. The van der Waals surface area contributed by atoms with Gasteiger partial charge in [-0.25, -0.2) is 0 Å². The fourth-order valence-electron chi connectivity index (χ4n) is 2.47. The van der Waals surface area contributed by atoms with Gasteiger partial charge in [0.15, 0.2) is 5.69 Å². The van der Waals surface area contributed by atoms with Crippen LogP contribution in [-0.4, -0.2) is 15.7 Å². The molecule has 0 fully saturated rings. The summed E-state index contributed by atoms with van der Waals surface area (Å²) in [6.07, 6.45) is 2.71. The molecule has 0 aliphatic heterocycles. The van der Waals surface area contributed by atoms with E-state index in [-0.39, 0.29) is 5.69 Å². The first-order valence-electron chi connectivity index (χ1n) is 5.85. The van der Waals surface area contributed by atoms with Gasteiger partial charge < -0.3 is 11.5 Å². The van der Waals surface area contributed by atoms with Gasteiger partial charge in [-0.15, -0.1) is 0 Å². The zero-order valence-electron chi connectivity index (χ0n) is 9.84. The summed E-state index contributed by atoms with van der Waals surface area (Å²) in [7, 11) is 0. The molecule has 1 aromatic heterocycles. The van der Waals surface area contributed by atoms with Gasteiger partial charge in [0, 0.05) is 18.7 Å². The lowest BCUT2D eigenvalue weighted by molar-refractivity contribution is 0.0995. The summed E-state index contributed by atoms with van der Waals surface area (Å²) in [5, 5.41) is 4.12. The number of rotatable bonds is 3. The van der Waals surface area contributed by atoms with E-state index in [1.807, 2.05) is 12.1 Å². The van der Waals surface area contributed by atoms with Gasteiger partial charge in [0.1, 0.15) is 0 Å². The van der Waals surface area contributed by atoms with Crippen molar-refractivity contribution >= 4 is 11.6 Å². The number of benzene rings is 1. The summed E-state index contributed by atoms with van der Waals surface area (Å²) in [5.41, 5.74) is 14.1. The van der Waals surface area contributed by atoms with Crippen molar-refractivity contribution in [2.75, 3.05) is 5.73 Å². The highest BCUT2D eigenvalue weighted by Gasteiger charge is 2.26. The third-order valence-electron chi connectivity index (χ3n) is 3.39. The lowest BCUT2D eigenvalue weighted by Gasteiger charge is -2.29. The maximum atomic E-state index is 11.1. The highest BCUT2D eigenvalue weighted by molar-refractivity contribution is 5.95. The molecule has 0 spiro atoms. The number of nitrogen functional groups attached to an aromatic ring is 1. The number of nitrogens with zero attached hydrogens (tertiary/aromatic N) is 2. The Morgan fingerprint density at radius 1 is 1.44 bits per heavy atom. The van der Waals surface area contributed by atoms with Crippen molar-refractivity contribution in [3.8, 4) is 0 Å². The first kappa shape index (κ1) is 10.8. The number of primary amides is 1. The quantitative estimate of drug-likeness (QED) is 0.838. The minimum absolute atomic E-state index is 0.155. The summed E-state index contributed by atoms with van der Waals surface area (Å²) < 4.78 is 1.70. The largest absolute Gasteiger partial charge is 0.396 e. The van der Waals surface area contributed by atoms with Crippen LogP contribution in [0.5, 0.6) is 0 Å². The summed E-state index contributed by atoms with van der Waals surface area (Å²) in [5.74, 6) is -0.138. The highest BCUT2D eigenvalue weighted by Crippen LogP contribution is 2.35. The van der Waals surface area contributed by atoms with E-state index >= 15 is 0 Å². The van der Waals surface area contributed by atoms with E-state index in [1.54, 1.807) is 10.9 Å². The number of hydrogen-bond acceptors (Lipinski definition) is 3. The third kappa shape index (κ3) is 1.64. The Morgan fingerprint density at radius 3 is 2.89 bits per heavy atom. The Hall–Kier alpha value is -2.30. The average Bonchev–Trinajstić information content (AvgIpc) is 2.67. The number of carbonyl (C=O) groups excluding carboxylic acids is 1. The SMILES string of the molecule is NC(=O)c1nn(CC2Cc3ccccc32)cc1N. The van der Waals surface area contributed by atoms with Crippen molar-refractivity contribution < 1.29 is 4.79 Å². The molecular formula is C13H14N4O. The van der Waals surface area contributed by atoms with Gasteiger partial charge in [0.25, 0.3) is 5.91 Å². The third-order valence-corrected chi connectivity index (χ3v) is 3.39. The van der Waals surface area contributed by atoms with Crippen molar-refractivity contribution in [3.05, 3.63) is 47.3 Å². The summed E-state index contributed by atoms with van der Waals surface area (Å²) >= 11 is 0. The lowest BCUT2D eigenvalue weighted by Crippen LogP contribution is -2.22. The molecule has 1 aliphatic carbocycles. The fraction of sp³-hybridized carbons (Fsp3) is 0.231. The fourth-order valence-corrected chi connectivity index (χ4v) is 2.47. The Morgan fingerprint density at radius 2 is 2.22 bits per heavy atom. The normalized spacial score (nSPS) is 17.0. The zero-order chi connectivity index (χ0) is 12.7. The molecular weight excluding hydrogens is 228 g/mol. The Balaban J connectivity index is 1.79. The van der Waals surface area contributed by atoms with E-state index < -0.39 is 5.91 Å². The molecule has 1 unspecified atom stereocenters. The van der Waals surface area contributed by atoms with Gasteiger partial charge in [0.05, 0.1) is 5.69 Å². The minimum atomic E-state index is -0.583. The molecule has 1 aliphatic rings. The topological polar surface area (TPSA) is 86.9 Å². The molecule has 1 atom stereocenters. The van der Waals surface area contributed by atoms with Crippen molar-refractivity contribution in [2.24, 2.45) is 5.73 Å². The minimum Gasteiger partial charge on any atom is -0.396 e. The van der Waals surface area contributed by atoms with Crippen LogP contribution in [0.1, 0.15) is 27.5 Å². The van der Waals surface area contributed by atoms with E-state index in [0.29, 0.717) is 11.6 Å². The van der Waals surface area contributed by atoms with Crippen LogP contribution in [-0.2, 0) is 13.0 Å². The van der Waals surface area contributed by atoms with Crippen molar-refractivity contribution in [3.63, 3.8) is 0 Å². The van der Waals surface area contributed by atoms with E-state index in [9.17, 15) is 4.79 Å². The number of nitrogens with two attached hydrogens (primary N) is 2. The van der Waals surface area contributed by atoms with Gasteiger partial charge >= 0.3 is 0 Å². The van der Waals surface area contributed by atoms with Crippen LogP contribution >= 0.6 is 0 Å². The van der Waals surface area contributed by atoms with Crippen LogP contribution < -0.4 is 11.5 Å². The molecule has 1 aromatic carbocycles. The van der Waals surface area contributed by atoms with Gasteiger partial charge in [0.2, 0.25) is 0 Å². The van der Waals surface area contributed by atoms with Crippen LogP contribution in [0.4, 0.5) is 5.69 Å². The van der Waals surface area contributed by atoms with Gasteiger partial charge in [-0.2, -0.15) is 5.10 Å². The second-order valence-corrected chi connectivity index (χ2v) is 4.62. The molecule has 0 saturated heterocycles. The first-order valence-corrected chi connectivity index (χ1v) is 5.85. The summed E-state index contributed by atoms with van der Waals surface area (Å²) in [4.78, 5) is 11.1. The number of hydrogen-bond donors (Lipinski definition) is 2. The van der Waals surface area contributed by atoms with E-state index in [2.05, 4.69) is 17.2 Å². The summed E-state index contributed by atoms with van der Waals surface area (Å²) in [6.45, 7) is 0.731. The monoisotopic (exact) mass is 242 g/mol. The molecule has 0 bridgehead atoms. The van der Waals surface area contributed by atoms with Crippen LogP contribution in [0.3, 0.4) is 0 Å². The molecule has 18 heavy (non-hydrogen) atoms. The van der Waals surface area contributed by atoms with Gasteiger partial charge in [-0.1, -0.05) is 24.3 Å². The first-order chi connectivity index (χ1) is 8.65. The van der Waals surface area contributed by atoms with Crippen LogP contribution in [0, 0.1) is 0 Å². The molecule has 0 saturated carbocycles. The maximum Gasteiger partial charge on any atom is 0.271 e. The van der Waals surface area contributed by atoms with Gasteiger partial charge in [-0.3, -0.25) is 9.48 Å². The Labute approximate surface area is 104 Å². The van der Waals surface area contributed by atoms with E-state index in [1.165, 1.54) is 11.1 Å². The molecule has 1 amide bonds. The molecule has 5 nitrogen and oxygen atoms in total. The van der Waals surface area contributed by atoms with Gasteiger partial charge in [-0.05, 0) is 17.5 Å². The van der Waals surface area contributed by atoms with Crippen molar-refractivity contribution in [2.45, 2.75) is 18.9 Å². The highest BCUT2D eigenvalue weighted by atomic mass is 16.1. The van der Waals surface area contributed by atoms with Crippen molar-refractivity contribution in [1.29, 1.82) is 0 Å². The molecule has 1 heterocycles. The molecule has 3 rings (SSSR count). The average molecular weight is 242 g/mol. The molecule has 0 radical (unpaired) electrons. The van der Waals surface area contributed by atoms with Crippen LogP contribution in [0.2, 0.25) is 0 Å². The molecule has 4 N–H and O–H groups in total. The number of carbonyl (C=O) groups is 1. The second kappa shape index (κ2) is 3.87. The smallest absolute Gasteiger partial charge is 0.271 e. The molecule has 92 valence electrons. The van der Waals surface area contributed by atoms with E-state index in [4.69, 9.17) is 11.5 Å². The van der Waals surface area contributed by atoms with E-state index in [0.717, 1.165) is 13.0 Å². The Bertz CT molecular complexity index is 617. The molecule has 2 aromatic rings. The number of aromatic nitrogens is 2. The predicted octanol–water partition coefficient (Wildman–Crippen LogP) is 0.904. The summed E-state index contributed by atoms with van der Waals surface area (Å²) in [6, 6.07) is 8.35. The maximum absolute atomic E-state index is 11.1. The van der Waals surface area contributed by atoms with Crippen LogP contribution in [0.15, 0.2) is 30.5 Å². The second-order valence-electron chi connectivity index (χ2n) is 4.62. The lowest BCUT2D eigenvalue weighted by atomic mass is 9.78. The standard InChI is InChI=1S/C13H14N4O/c14-11-7-17(16-12(11)13(15)18)6-9-5-8-3-1-2-4-10(8)9/h1-4,7,9H,5-6,14H2,(H2,15,18). The predicted molar refractivity (Wildman–Crippen MR) is 68.0 cm³/mol.